The lowest BCUT2D eigenvalue weighted by Gasteiger charge is -2.30. The number of likely N-dealkylation sites (tertiary alicyclic amines) is 1. The van der Waals surface area contributed by atoms with Crippen molar-refractivity contribution in [3.63, 3.8) is 0 Å². The number of amides is 1. The molecular formula is C9H16NO. The van der Waals surface area contributed by atoms with Crippen molar-refractivity contribution in [3.05, 3.63) is 6.92 Å². The van der Waals surface area contributed by atoms with E-state index < -0.39 is 0 Å². The minimum Gasteiger partial charge on any atom is -0.342 e. The van der Waals surface area contributed by atoms with E-state index in [1.165, 1.54) is 6.42 Å². The van der Waals surface area contributed by atoms with Gasteiger partial charge >= 0.3 is 0 Å². The Labute approximate surface area is 68.6 Å². The second-order valence-corrected chi connectivity index (χ2v) is 3.20. The Morgan fingerprint density at radius 1 is 1.73 bits per heavy atom. The number of hydrogen-bond acceptors (Lipinski definition) is 1. The van der Waals surface area contributed by atoms with E-state index in [1.54, 1.807) is 0 Å². The highest BCUT2D eigenvalue weighted by molar-refractivity contribution is 5.75. The van der Waals surface area contributed by atoms with Gasteiger partial charge in [0, 0.05) is 19.5 Å². The molecule has 0 N–H and O–H groups in total. The average molecular weight is 154 g/mol. The van der Waals surface area contributed by atoms with Gasteiger partial charge in [-0.15, -0.1) is 0 Å². The fourth-order valence-corrected chi connectivity index (χ4v) is 1.52. The zero-order chi connectivity index (χ0) is 8.27. The van der Waals surface area contributed by atoms with Gasteiger partial charge in [-0.2, -0.15) is 0 Å². The molecule has 1 saturated heterocycles. The van der Waals surface area contributed by atoms with Gasteiger partial charge in [0.2, 0.25) is 5.91 Å². The molecule has 0 aliphatic carbocycles. The Bertz CT molecular complexity index is 144. The molecule has 0 bridgehead atoms. The number of carbonyl (C=O) groups is 1. The number of carbonyl (C=O) groups excluding carboxylic acids is 1. The van der Waals surface area contributed by atoms with Crippen molar-refractivity contribution in [3.8, 4) is 0 Å². The molecule has 2 nitrogen and oxygen atoms in total. The highest BCUT2D eigenvalue weighted by Crippen LogP contribution is 2.15. The van der Waals surface area contributed by atoms with Crippen LogP contribution >= 0.6 is 0 Å². The van der Waals surface area contributed by atoms with Crippen molar-refractivity contribution in [2.75, 3.05) is 13.1 Å². The summed E-state index contributed by atoms with van der Waals surface area (Å²) in [7, 11) is 0. The smallest absolute Gasteiger partial charge is 0.222 e. The topological polar surface area (TPSA) is 20.3 Å². The van der Waals surface area contributed by atoms with Gasteiger partial charge < -0.3 is 4.90 Å². The summed E-state index contributed by atoms with van der Waals surface area (Å²) >= 11 is 0. The summed E-state index contributed by atoms with van der Waals surface area (Å²) < 4.78 is 0. The fraction of sp³-hybridized carbons (Fsp3) is 0.778. The largest absolute Gasteiger partial charge is 0.342 e. The Balaban J connectivity index is 2.39. The van der Waals surface area contributed by atoms with Crippen molar-refractivity contribution in [2.24, 2.45) is 5.92 Å². The zero-order valence-corrected chi connectivity index (χ0v) is 7.18. The van der Waals surface area contributed by atoms with Crippen LogP contribution < -0.4 is 0 Å². The molecule has 1 heterocycles. The first kappa shape index (κ1) is 8.57. The van der Waals surface area contributed by atoms with Gasteiger partial charge in [-0.25, -0.2) is 0 Å². The van der Waals surface area contributed by atoms with Gasteiger partial charge in [-0.3, -0.25) is 4.79 Å². The molecule has 1 radical (unpaired) electrons. The van der Waals surface area contributed by atoms with Crippen LogP contribution in [0.2, 0.25) is 0 Å². The summed E-state index contributed by atoms with van der Waals surface area (Å²) in [6.07, 6.45) is 2.93. The lowest BCUT2D eigenvalue weighted by molar-refractivity contribution is -0.132. The quantitative estimate of drug-likeness (QED) is 0.560. The molecule has 0 spiro atoms. The maximum absolute atomic E-state index is 11.2. The van der Waals surface area contributed by atoms with Gasteiger partial charge in [0.15, 0.2) is 0 Å². The average Bonchev–Trinajstić information content (AvgIpc) is 2.03. The Morgan fingerprint density at radius 2 is 2.45 bits per heavy atom. The summed E-state index contributed by atoms with van der Waals surface area (Å²) in [4.78, 5) is 13.1. The molecule has 1 amide bonds. The molecule has 0 saturated carbocycles. The molecule has 0 aromatic carbocycles. The van der Waals surface area contributed by atoms with Crippen molar-refractivity contribution in [1.29, 1.82) is 0 Å². The van der Waals surface area contributed by atoms with Crippen LogP contribution in [0.25, 0.3) is 0 Å². The molecule has 1 aliphatic heterocycles. The van der Waals surface area contributed by atoms with Gasteiger partial charge in [0.1, 0.15) is 0 Å². The first-order valence-electron chi connectivity index (χ1n) is 4.35. The maximum Gasteiger partial charge on any atom is 0.222 e. The third kappa shape index (κ3) is 2.21. The van der Waals surface area contributed by atoms with Gasteiger partial charge in [0.05, 0.1) is 0 Å². The van der Waals surface area contributed by atoms with Crippen LogP contribution in [0.4, 0.5) is 0 Å². The van der Waals surface area contributed by atoms with Crippen LogP contribution in [0.5, 0.6) is 0 Å². The summed E-state index contributed by atoms with van der Waals surface area (Å²) in [6.45, 7) is 7.69. The SMILES string of the molecule is [CH2]C1CCCN(C(=O)CC)C1. The highest BCUT2D eigenvalue weighted by atomic mass is 16.2. The molecule has 63 valence electrons. The van der Waals surface area contributed by atoms with Crippen molar-refractivity contribution in [2.45, 2.75) is 26.2 Å². The van der Waals surface area contributed by atoms with Crippen LogP contribution in [-0.2, 0) is 4.79 Å². The van der Waals surface area contributed by atoms with Crippen LogP contribution in [0.15, 0.2) is 0 Å². The third-order valence-corrected chi connectivity index (χ3v) is 2.17. The molecule has 11 heavy (non-hydrogen) atoms. The van der Waals surface area contributed by atoms with Crippen LogP contribution in [0, 0.1) is 12.8 Å². The van der Waals surface area contributed by atoms with Crippen molar-refractivity contribution < 1.29 is 4.79 Å². The van der Waals surface area contributed by atoms with E-state index in [0.717, 1.165) is 19.5 Å². The Hall–Kier alpha value is -0.530. The van der Waals surface area contributed by atoms with Crippen LogP contribution in [0.3, 0.4) is 0 Å². The normalized spacial score (nSPS) is 25.3. The minimum absolute atomic E-state index is 0.276. The van der Waals surface area contributed by atoms with E-state index >= 15 is 0 Å². The van der Waals surface area contributed by atoms with Gasteiger partial charge in [-0.05, 0) is 25.7 Å². The van der Waals surface area contributed by atoms with Crippen molar-refractivity contribution in [1.82, 2.24) is 4.90 Å². The van der Waals surface area contributed by atoms with E-state index in [9.17, 15) is 4.79 Å². The predicted molar refractivity (Wildman–Crippen MR) is 45.0 cm³/mol. The van der Waals surface area contributed by atoms with Gasteiger partial charge in [0.25, 0.3) is 0 Å². The Morgan fingerprint density at radius 3 is 3.00 bits per heavy atom. The maximum atomic E-state index is 11.2. The molecule has 1 atom stereocenters. The fourth-order valence-electron chi connectivity index (χ4n) is 1.52. The van der Waals surface area contributed by atoms with E-state index in [4.69, 9.17) is 0 Å². The van der Waals surface area contributed by atoms with Crippen molar-refractivity contribution >= 4 is 5.91 Å². The second-order valence-electron chi connectivity index (χ2n) is 3.20. The second kappa shape index (κ2) is 3.74. The summed E-state index contributed by atoms with van der Waals surface area (Å²) in [5.74, 6) is 0.734. The monoisotopic (exact) mass is 154 g/mol. The first-order chi connectivity index (χ1) is 5.24. The number of piperidine rings is 1. The Kier molecular flexibility index (Phi) is 2.92. The molecule has 1 rings (SSSR count). The molecule has 2 heteroatoms. The predicted octanol–water partition coefficient (Wildman–Crippen LogP) is 1.47. The van der Waals surface area contributed by atoms with E-state index in [0.29, 0.717) is 12.3 Å². The summed E-state index contributed by atoms with van der Waals surface area (Å²) in [6, 6.07) is 0. The van der Waals surface area contributed by atoms with E-state index in [-0.39, 0.29) is 5.91 Å². The molecular weight excluding hydrogens is 138 g/mol. The minimum atomic E-state index is 0.276. The number of hydrogen-bond donors (Lipinski definition) is 0. The first-order valence-corrected chi connectivity index (χ1v) is 4.35. The lowest BCUT2D eigenvalue weighted by Crippen LogP contribution is -2.38. The van der Waals surface area contributed by atoms with Crippen LogP contribution in [-0.4, -0.2) is 23.9 Å². The summed E-state index contributed by atoms with van der Waals surface area (Å²) in [5, 5.41) is 0. The molecule has 1 unspecified atom stereocenters. The van der Waals surface area contributed by atoms with Gasteiger partial charge in [-0.1, -0.05) is 6.92 Å². The molecule has 0 aromatic rings. The summed E-state index contributed by atoms with van der Waals surface area (Å²) in [5.41, 5.74) is 0. The molecule has 0 aromatic heterocycles. The molecule has 1 fully saturated rings. The number of rotatable bonds is 1. The third-order valence-electron chi connectivity index (χ3n) is 2.17. The van der Waals surface area contributed by atoms with Crippen LogP contribution in [0.1, 0.15) is 26.2 Å². The van der Waals surface area contributed by atoms with E-state index in [1.807, 2.05) is 11.8 Å². The standard InChI is InChI=1S/C9H16NO/c1-3-9(11)10-6-4-5-8(2)7-10/h8H,2-7H2,1H3. The number of nitrogens with zero attached hydrogens (tertiary/aromatic N) is 1. The zero-order valence-electron chi connectivity index (χ0n) is 7.18. The molecule has 1 aliphatic rings. The highest BCUT2D eigenvalue weighted by Gasteiger charge is 2.18. The lowest BCUT2D eigenvalue weighted by atomic mass is 10.0. The van der Waals surface area contributed by atoms with E-state index in [2.05, 4.69) is 6.92 Å².